The van der Waals surface area contributed by atoms with Gasteiger partial charge in [-0.05, 0) is 42.0 Å². The Morgan fingerprint density at radius 1 is 1.04 bits per heavy atom. The quantitative estimate of drug-likeness (QED) is 0.416. The van der Waals surface area contributed by atoms with Crippen LogP contribution in [0.15, 0.2) is 69.9 Å². The van der Waals surface area contributed by atoms with Gasteiger partial charge in [0, 0.05) is 29.4 Å². The molecule has 6 heteroatoms. The molecule has 0 aliphatic carbocycles. The predicted octanol–water partition coefficient (Wildman–Crippen LogP) is 4.62. The third kappa shape index (κ3) is 3.57. The Balaban J connectivity index is 1.69. The molecule has 4 rings (SSSR count). The highest BCUT2D eigenvalue weighted by atomic mass is 19.1. The zero-order valence-electron chi connectivity index (χ0n) is 15.0. The molecular weight excluding hydrogens is 361 g/mol. The van der Waals surface area contributed by atoms with Crippen LogP contribution in [0.3, 0.4) is 0 Å². The lowest BCUT2D eigenvalue weighted by molar-refractivity contribution is -0.114. The molecule has 0 atom stereocenters. The Morgan fingerprint density at radius 3 is 2.64 bits per heavy atom. The number of ether oxygens (including phenoxy) is 1. The highest BCUT2D eigenvalue weighted by Crippen LogP contribution is 2.28. The molecule has 0 aliphatic heterocycles. The van der Waals surface area contributed by atoms with E-state index in [1.165, 1.54) is 19.1 Å². The molecule has 1 N–H and O–H groups in total. The summed E-state index contributed by atoms with van der Waals surface area (Å²) in [7, 11) is 0. The van der Waals surface area contributed by atoms with Crippen LogP contribution in [0.1, 0.15) is 12.5 Å². The van der Waals surface area contributed by atoms with E-state index < -0.39 is 5.63 Å². The van der Waals surface area contributed by atoms with Gasteiger partial charge < -0.3 is 14.5 Å². The van der Waals surface area contributed by atoms with Crippen molar-refractivity contribution in [3.63, 3.8) is 0 Å². The van der Waals surface area contributed by atoms with Gasteiger partial charge in [0.15, 0.2) is 0 Å². The molecule has 140 valence electrons. The van der Waals surface area contributed by atoms with Crippen molar-refractivity contribution >= 4 is 33.3 Å². The van der Waals surface area contributed by atoms with Crippen LogP contribution in [0.4, 0.5) is 10.1 Å². The Morgan fingerprint density at radius 2 is 1.86 bits per heavy atom. The maximum Gasteiger partial charge on any atom is 0.344 e. The summed E-state index contributed by atoms with van der Waals surface area (Å²) in [5.41, 5.74) is 1.12. The molecule has 0 spiro atoms. The minimum atomic E-state index is -0.503. The Hall–Kier alpha value is -3.67. The van der Waals surface area contributed by atoms with Gasteiger partial charge >= 0.3 is 5.63 Å². The molecule has 0 saturated carbocycles. The number of fused-ring (bicyclic) bond motifs is 3. The first kappa shape index (κ1) is 17.7. The van der Waals surface area contributed by atoms with E-state index in [9.17, 15) is 14.0 Å². The summed E-state index contributed by atoms with van der Waals surface area (Å²) in [6.45, 7) is 1.60. The Kier molecular flexibility index (Phi) is 4.53. The SMILES string of the molecule is CC(=O)Nc1ccc2c(c1)c(=O)oc1cc(OCc3cccc(F)c3)ccc12. The van der Waals surface area contributed by atoms with Crippen molar-refractivity contribution in [3.8, 4) is 5.75 Å². The van der Waals surface area contributed by atoms with Crippen molar-refractivity contribution in [2.45, 2.75) is 13.5 Å². The summed E-state index contributed by atoms with van der Waals surface area (Å²) >= 11 is 0. The van der Waals surface area contributed by atoms with Gasteiger partial charge in [0.05, 0.1) is 5.39 Å². The van der Waals surface area contributed by atoms with Gasteiger partial charge in [0.25, 0.3) is 0 Å². The van der Waals surface area contributed by atoms with Crippen molar-refractivity contribution in [2.75, 3.05) is 5.32 Å². The van der Waals surface area contributed by atoms with E-state index in [1.807, 2.05) is 0 Å². The third-order valence-corrected chi connectivity index (χ3v) is 4.30. The molecule has 1 amide bonds. The maximum absolute atomic E-state index is 13.3. The van der Waals surface area contributed by atoms with Crippen molar-refractivity contribution < 1.29 is 18.3 Å². The van der Waals surface area contributed by atoms with Crippen LogP contribution in [0.25, 0.3) is 21.7 Å². The van der Waals surface area contributed by atoms with Crippen molar-refractivity contribution in [1.82, 2.24) is 0 Å². The fourth-order valence-electron chi connectivity index (χ4n) is 3.08. The lowest BCUT2D eigenvalue weighted by Crippen LogP contribution is -2.07. The molecule has 0 saturated heterocycles. The number of benzene rings is 3. The zero-order valence-corrected chi connectivity index (χ0v) is 15.0. The first-order chi connectivity index (χ1) is 13.5. The summed E-state index contributed by atoms with van der Waals surface area (Å²) in [6, 6.07) is 16.5. The lowest BCUT2D eigenvalue weighted by Gasteiger charge is -2.09. The molecule has 0 fully saturated rings. The number of nitrogens with one attached hydrogen (secondary N) is 1. The molecule has 5 nitrogen and oxygen atoms in total. The number of amides is 1. The molecule has 1 heterocycles. The van der Waals surface area contributed by atoms with Crippen LogP contribution in [-0.2, 0) is 11.4 Å². The monoisotopic (exact) mass is 377 g/mol. The van der Waals surface area contributed by atoms with Crippen LogP contribution >= 0.6 is 0 Å². The fraction of sp³-hybridized carbons (Fsp3) is 0.0909. The number of rotatable bonds is 4. The Labute approximate surface area is 159 Å². The third-order valence-electron chi connectivity index (χ3n) is 4.30. The van der Waals surface area contributed by atoms with Crippen LogP contribution in [0.5, 0.6) is 5.75 Å². The highest BCUT2D eigenvalue weighted by Gasteiger charge is 2.10. The van der Waals surface area contributed by atoms with E-state index in [4.69, 9.17) is 9.15 Å². The molecule has 0 radical (unpaired) electrons. The summed E-state index contributed by atoms with van der Waals surface area (Å²) in [5.74, 6) is -0.0329. The van der Waals surface area contributed by atoms with Crippen LogP contribution in [0, 0.1) is 5.82 Å². The minimum absolute atomic E-state index is 0.196. The van der Waals surface area contributed by atoms with Crippen LogP contribution in [-0.4, -0.2) is 5.91 Å². The molecule has 1 aromatic heterocycles. The number of carbonyl (C=O) groups is 1. The average molecular weight is 377 g/mol. The molecular formula is C22H16FNO4. The van der Waals surface area contributed by atoms with Crippen molar-refractivity contribution in [2.24, 2.45) is 0 Å². The summed E-state index contributed by atoms with van der Waals surface area (Å²) < 4.78 is 24.4. The van der Waals surface area contributed by atoms with Gasteiger partial charge in [0.1, 0.15) is 23.8 Å². The van der Waals surface area contributed by atoms with Crippen molar-refractivity contribution in [1.29, 1.82) is 0 Å². The second-order valence-corrected chi connectivity index (χ2v) is 6.41. The smallest absolute Gasteiger partial charge is 0.344 e. The summed E-state index contributed by atoms with van der Waals surface area (Å²) in [4.78, 5) is 23.6. The molecule has 3 aromatic carbocycles. The summed E-state index contributed by atoms with van der Waals surface area (Å²) in [6.07, 6.45) is 0. The first-order valence-electron chi connectivity index (χ1n) is 8.65. The molecule has 0 bridgehead atoms. The fourth-order valence-corrected chi connectivity index (χ4v) is 3.08. The minimum Gasteiger partial charge on any atom is -0.489 e. The van der Waals surface area contributed by atoms with E-state index in [0.29, 0.717) is 28.0 Å². The van der Waals surface area contributed by atoms with Gasteiger partial charge in [-0.2, -0.15) is 0 Å². The number of anilines is 1. The largest absolute Gasteiger partial charge is 0.489 e. The van der Waals surface area contributed by atoms with Gasteiger partial charge in [-0.25, -0.2) is 9.18 Å². The van der Waals surface area contributed by atoms with E-state index in [2.05, 4.69) is 5.32 Å². The van der Waals surface area contributed by atoms with Gasteiger partial charge in [-0.1, -0.05) is 18.2 Å². The highest BCUT2D eigenvalue weighted by molar-refractivity contribution is 6.06. The normalized spacial score (nSPS) is 10.9. The topological polar surface area (TPSA) is 68.5 Å². The lowest BCUT2D eigenvalue weighted by atomic mass is 10.1. The van der Waals surface area contributed by atoms with Crippen LogP contribution < -0.4 is 15.7 Å². The van der Waals surface area contributed by atoms with Gasteiger partial charge in [-0.3, -0.25) is 4.79 Å². The van der Waals surface area contributed by atoms with E-state index >= 15 is 0 Å². The number of halogens is 1. The number of hydrogen-bond donors (Lipinski definition) is 1. The molecule has 28 heavy (non-hydrogen) atoms. The second kappa shape index (κ2) is 7.15. The van der Waals surface area contributed by atoms with Gasteiger partial charge in [-0.15, -0.1) is 0 Å². The van der Waals surface area contributed by atoms with Crippen molar-refractivity contribution in [3.05, 3.63) is 82.5 Å². The van der Waals surface area contributed by atoms with Crippen LogP contribution in [0.2, 0.25) is 0 Å². The first-order valence-corrected chi connectivity index (χ1v) is 8.65. The second-order valence-electron chi connectivity index (χ2n) is 6.41. The van der Waals surface area contributed by atoms with E-state index in [1.54, 1.807) is 48.5 Å². The molecule has 4 aromatic rings. The number of carbonyl (C=O) groups excluding carboxylic acids is 1. The number of hydrogen-bond acceptors (Lipinski definition) is 4. The molecule has 0 aliphatic rings. The predicted molar refractivity (Wildman–Crippen MR) is 105 cm³/mol. The molecule has 0 unspecified atom stereocenters. The zero-order chi connectivity index (χ0) is 19.7. The maximum atomic E-state index is 13.3. The van der Waals surface area contributed by atoms with E-state index in [-0.39, 0.29) is 18.3 Å². The average Bonchev–Trinajstić information content (AvgIpc) is 2.66. The standard InChI is InChI=1S/C22H16FNO4/c1-13(25)24-16-5-7-18-19-8-6-17(11-21(19)28-22(26)20(18)10-16)27-12-14-3-2-4-15(23)9-14/h2-11H,12H2,1H3,(H,24,25). The summed E-state index contributed by atoms with van der Waals surface area (Å²) in [5, 5.41) is 4.50. The van der Waals surface area contributed by atoms with Gasteiger partial charge in [0.2, 0.25) is 5.91 Å². The van der Waals surface area contributed by atoms with E-state index in [0.717, 1.165) is 10.8 Å². The Bertz CT molecular complexity index is 1260.